The van der Waals surface area contributed by atoms with Gasteiger partial charge in [0.2, 0.25) is 0 Å². The largest absolute Gasteiger partial charge is 0.741 e. The summed E-state index contributed by atoms with van der Waals surface area (Å²) in [6.45, 7) is 7.45. The molecule has 3 rings (SSSR count). The smallest absolute Gasteiger partial charge is 0.485 e. The van der Waals surface area contributed by atoms with Crippen LogP contribution in [0, 0.1) is 6.92 Å². The molecule has 11 heteroatoms. The van der Waals surface area contributed by atoms with E-state index in [2.05, 4.69) is 60.7 Å². The van der Waals surface area contributed by atoms with Gasteiger partial charge < -0.3 is 14.0 Å². The van der Waals surface area contributed by atoms with E-state index in [1.54, 1.807) is 0 Å². The summed E-state index contributed by atoms with van der Waals surface area (Å²) in [5.74, 6) is 0.332. The molecule has 0 fully saturated rings. The highest BCUT2D eigenvalue weighted by molar-refractivity contribution is 7.97. The Labute approximate surface area is 217 Å². The molecule has 0 bridgehead atoms. The molecule has 0 saturated heterocycles. The Balaban J connectivity index is 0.000000521. The second-order valence-corrected chi connectivity index (χ2v) is 12.0. The van der Waals surface area contributed by atoms with Crippen molar-refractivity contribution in [2.45, 2.75) is 53.5 Å². The number of benzene rings is 3. The van der Waals surface area contributed by atoms with E-state index < -0.39 is 21.2 Å². The fourth-order valence-electron chi connectivity index (χ4n) is 2.94. The number of halogens is 3. The SMILES string of the molecule is Cc1cc([S+](c2ccccc2)c2ccccc2)ccc1OCC(=O)OC(C)(C)C.O=S(=O)([O-])C(F)(F)F. The highest BCUT2D eigenvalue weighted by Gasteiger charge is 2.37. The van der Waals surface area contributed by atoms with Gasteiger partial charge in [-0.05, 0) is 69.7 Å². The Morgan fingerprint density at radius 1 is 0.865 bits per heavy atom. The van der Waals surface area contributed by atoms with Crippen LogP contribution in [-0.4, -0.2) is 36.7 Å². The molecule has 0 saturated carbocycles. The number of ether oxygens (including phenoxy) is 2. The van der Waals surface area contributed by atoms with Gasteiger partial charge in [0.15, 0.2) is 31.4 Å². The van der Waals surface area contributed by atoms with E-state index in [0.29, 0.717) is 5.75 Å². The molecule has 0 radical (unpaired) electrons. The molecule has 200 valence electrons. The minimum absolute atomic E-state index is 0.0967. The predicted octanol–water partition coefficient (Wildman–Crippen LogP) is 5.86. The molecule has 0 amide bonds. The number of carbonyl (C=O) groups excluding carboxylic acids is 1. The molecule has 37 heavy (non-hydrogen) atoms. The van der Waals surface area contributed by atoms with Crippen LogP contribution in [0.5, 0.6) is 5.75 Å². The third-order valence-electron chi connectivity index (χ3n) is 4.39. The van der Waals surface area contributed by atoms with Crippen LogP contribution in [0.2, 0.25) is 0 Å². The van der Waals surface area contributed by atoms with Crippen molar-refractivity contribution in [2.24, 2.45) is 0 Å². The first-order chi connectivity index (χ1) is 17.1. The second-order valence-electron chi connectivity index (χ2n) is 8.63. The lowest BCUT2D eigenvalue weighted by atomic mass is 10.2. The first-order valence-electron chi connectivity index (χ1n) is 10.9. The van der Waals surface area contributed by atoms with E-state index in [4.69, 9.17) is 22.4 Å². The second kappa shape index (κ2) is 12.5. The first kappa shape index (κ1) is 30.2. The Bertz CT molecular complexity index is 1230. The van der Waals surface area contributed by atoms with Crippen molar-refractivity contribution in [2.75, 3.05) is 6.61 Å². The van der Waals surface area contributed by atoms with Crippen LogP contribution in [0.4, 0.5) is 13.2 Å². The number of rotatable bonds is 6. The molecule has 0 aliphatic carbocycles. The molecule has 0 heterocycles. The Morgan fingerprint density at radius 2 is 1.32 bits per heavy atom. The van der Waals surface area contributed by atoms with Gasteiger partial charge in [0.1, 0.15) is 11.4 Å². The number of hydrogen-bond acceptors (Lipinski definition) is 6. The molecule has 0 aliphatic rings. The van der Waals surface area contributed by atoms with Gasteiger partial charge in [0.25, 0.3) is 0 Å². The first-order valence-corrected chi connectivity index (χ1v) is 13.5. The number of esters is 1. The third kappa shape index (κ3) is 9.75. The molecule has 3 aromatic carbocycles. The molecule has 3 aromatic rings. The van der Waals surface area contributed by atoms with Crippen molar-refractivity contribution in [1.29, 1.82) is 0 Å². The molecule has 0 aliphatic heterocycles. The van der Waals surface area contributed by atoms with Gasteiger partial charge in [0, 0.05) is 6.07 Å². The zero-order valence-electron chi connectivity index (χ0n) is 20.6. The average molecular weight is 557 g/mol. The van der Waals surface area contributed by atoms with E-state index in [1.807, 2.05) is 45.9 Å². The summed E-state index contributed by atoms with van der Waals surface area (Å²) in [5.41, 5.74) is -5.16. The summed E-state index contributed by atoms with van der Waals surface area (Å²) in [6, 6.07) is 27.2. The summed E-state index contributed by atoms with van der Waals surface area (Å²) in [6.07, 6.45) is 0. The number of carbonyl (C=O) groups is 1. The number of hydrogen-bond donors (Lipinski definition) is 0. The zero-order valence-corrected chi connectivity index (χ0v) is 22.2. The van der Waals surface area contributed by atoms with Gasteiger partial charge in [-0.25, -0.2) is 13.2 Å². The number of aryl methyl sites for hydroxylation is 1. The quantitative estimate of drug-likeness (QED) is 0.163. The van der Waals surface area contributed by atoms with Crippen molar-refractivity contribution in [3.63, 3.8) is 0 Å². The molecular weight excluding hydrogens is 529 g/mol. The number of alkyl halides is 3. The lowest BCUT2D eigenvalue weighted by Crippen LogP contribution is -2.27. The maximum Gasteiger partial charge on any atom is 0.485 e. The van der Waals surface area contributed by atoms with Crippen molar-refractivity contribution < 1.29 is 40.4 Å². The molecule has 0 N–H and O–H groups in total. The Kier molecular flexibility index (Phi) is 10.2. The van der Waals surface area contributed by atoms with Crippen molar-refractivity contribution >= 4 is 27.0 Å². The Hall–Kier alpha value is -3.02. The van der Waals surface area contributed by atoms with Gasteiger partial charge in [-0.3, -0.25) is 0 Å². The zero-order chi connectivity index (χ0) is 27.9. The van der Waals surface area contributed by atoms with Crippen LogP contribution in [0.15, 0.2) is 93.5 Å². The van der Waals surface area contributed by atoms with E-state index in [-0.39, 0.29) is 23.5 Å². The molecule has 0 aromatic heterocycles. The topological polar surface area (TPSA) is 92.7 Å². The van der Waals surface area contributed by atoms with E-state index in [0.717, 1.165) is 5.56 Å². The molecule has 0 unspecified atom stereocenters. The predicted molar refractivity (Wildman–Crippen MR) is 133 cm³/mol. The van der Waals surface area contributed by atoms with Crippen molar-refractivity contribution in [1.82, 2.24) is 0 Å². The summed E-state index contributed by atoms with van der Waals surface area (Å²) >= 11 is 0. The highest BCUT2D eigenvalue weighted by atomic mass is 32.2. The van der Waals surface area contributed by atoms with Gasteiger partial charge in [-0.2, -0.15) is 13.2 Å². The fraction of sp³-hybridized carbons (Fsp3) is 0.269. The lowest BCUT2D eigenvalue weighted by Gasteiger charge is -2.19. The average Bonchev–Trinajstić information content (AvgIpc) is 2.78. The monoisotopic (exact) mass is 556 g/mol. The van der Waals surface area contributed by atoms with Gasteiger partial charge in [0.05, 0.1) is 10.9 Å². The van der Waals surface area contributed by atoms with E-state index in [1.165, 1.54) is 14.7 Å². The minimum atomic E-state index is -6.09. The molecular formula is C26H27F3O6S2. The van der Waals surface area contributed by atoms with Crippen molar-refractivity contribution in [3.05, 3.63) is 84.4 Å². The highest BCUT2D eigenvalue weighted by Crippen LogP contribution is 2.33. The summed E-state index contributed by atoms with van der Waals surface area (Å²) in [4.78, 5) is 15.7. The van der Waals surface area contributed by atoms with Crippen LogP contribution >= 0.6 is 0 Å². The summed E-state index contributed by atoms with van der Waals surface area (Å²) < 4.78 is 69.9. The lowest BCUT2D eigenvalue weighted by molar-refractivity contribution is -0.157. The standard InChI is InChI=1S/C25H27O3S.CHF3O3S/c1-19-17-22(15-16-23(19)27-18-24(26)28-25(2,3)4)29(20-11-7-5-8-12-20)21-13-9-6-10-14-21;2-1(3,4)8(5,6)7/h5-17H,18H2,1-4H3;(H,5,6,7)/q+1;/p-1. The minimum Gasteiger partial charge on any atom is -0.741 e. The maximum atomic E-state index is 11.9. The van der Waals surface area contributed by atoms with Crippen LogP contribution in [0.3, 0.4) is 0 Å². The normalized spacial score (nSPS) is 11.9. The molecule has 0 spiro atoms. The third-order valence-corrected chi connectivity index (χ3v) is 7.17. The van der Waals surface area contributed by atoms with Crippen molar-refractivity contribution in [3.8, 4) is 5.75 Å². The van der Waals surface area contributed by atoms with Gasteiger partial charge in [-0.15, -0.1) is 0 Å². The van der Waals surface area contributed by atoms with Crippen LogP contribution in [-0.2, 0) is 30.5 Å². The van der Waals surface area contributed by atoms with E-state index in [9.17, 15) is 18.0 Å². The Morgan fingerprint density at radius 3 is 1.70 bits per heavy atom. The summed E-state index contributed by atoms with van der Waals surface area (Å²) in [7, 11) is -6.30. The van der Waals surface area contributed by atoms with Crippen LogP contribution in [0.1, 0.15) is 26.3 Å². The maximum absolute atomic E-state index is 11.9. The van der Waals surface area contributed by atoms with E-state index >= 15 is 0 Å². The van der Waals surface area contributed by atoms with Crippen LogP contribution in [0.25, 0.3) is 0 Å². The summed E-state index contributed by atoms with van der Waals surface area (Å²) in [5, 5.41) is 0. The molecule has 0 atom stereocenters. The fourth-order valence-corrected chi connectivity index (χ4v) is 5.11. The van der Waals surface area contributed by atoms with Gasteiger partial charge in [-0.1, -0.05) is 36.4 Å². The van der Waals surface area contributed by atoms with Crippen LogP contribution < -0.4 is 4.74 Å². The molecule has 6 nitrogen and oxygen atoms in total. The van der Waals surface area contributed by atoms with Gasteiger partial charge >= 0.3 is 11.5 Å².